The molecular formula is C18H19ClN2O4S. The molecule has 1 fully saturated rings. The quantitative estimate of drug-likeness (QED) is 0.815. The number of primary amides is 1. The van der Waals surface area contributed by atoms with E-state index in [9.17, 15) is 13.2 Å². The molecule has 0 unspecified atom stereocenters. The molecule has 0 radical (unpaired) electrons. The van der Waals surface area contributed by atoms with Crippen LogP contribution in [0, 0.1) is 0 Å². The number of nitrogens with zero attached hydrogens (tertiary/aromatic N) is 1. The highest BCUT2D eigenvalue weighted by molar-refractivity contribution is 7.89. The Balaban J connectivity index is 1.86. The Morgan fingerprint density at radius 3 is 2.54 bits per heavy atom. The maximum absolute atomic E-state index is 12.7. The van der Waals surface area contributed by atoms with Gasteiger partial charge < -0.3 is 10.5 Å². The second kappa shape index (κ2) is 7.65. The van der Waals surface area contributed by atoms with E-state index in [2.05, 4.69) is 0 Å². The third kappa shape index (κ3) is 4.00. The van der Waals surface area contributed by atoms with Gasteiger partial charge in [-0.25, -0.2) is 8.42 Å². The summed E-state index contributed by atoms with van der Waals surface area (Å²) in [5.41, 5.74) is 6.28. The minimum atomic E-state index is -3.63. The number of hydrogen-bond acceptors (Lipinski definition) is 4. The summed E-state index contributed by atoms with van der Waals surface area (Å²) in [6.07, 6.45) is 1.67. The van der Waals surface area contributed by atoms with E-state index in [1.807, 2.05) is 6.07 Å². The van der Waals surface area contributed by atoms with E-state index >= 15 is 0 Å². The molecule has 1 aliphatic heterocycles. The van der Waals surface area contributed by atoms with E-state index in [4.69, 9.17) is 22.1 Å². The maximum Gasteiger partial charge on any atom is 0.252 e. The van der Waals surface area contributed by atoms with Gasteiger partial charge >= 0.3 is 0 Å². The molecule has 2 N–H and O–H groups in total. The van der Waals surface area contributed by atoms with Gasteiger partial charge in [0.1, 0.15) is 12.4 Å². The summed E-state index contributed by atoms with van der Waals surface area (Å²) in [5, 5.41) is 0.577. The Morgan fingerprint density at radius 1 is 1.15 bits per heavy atom. The van der Waals surface area contributed by atoms with Crippen molar-refractivity contribution in [1.82, 2.24) is 4.31 Å². The SMILES string of the molecule is NC(=O)c1cc(S(=O)(=O)N2CCCC2)ccc1OCc1cccc(Cl)c1. The Kier molecular flexibility index (Phi) is 5.50. The van der Waals surface area contributed by atoms with Gasteiger partial charge in [0.25, 0.3) is 5.91 Å². The first-order valence-electron chi connectivity index (χ1n) is 8.19. The molecule has 0 aliphatic carbocycles. The van der Waals surface area contributed by atoms with Crippen LogP contribution in [0.25, 0.3) is 0 Å². The summed E-state index contributed by atoms with van der Waals surface area (Å²) < 4.78 is 32.4. The lowest BCUT2D eigenvalue weighted by Gasteiger charge is -2.17. The first-order valence-corrected chi connectivity index (χ1v) is 10.0. The average Bonchev–Trinajstić information content (AvgIpc) is 3.15. The first kappa shape index (κ1) is 18.7. The number of sulfonamides is 1. The maximum atomic E-state index is 12.7. The highest BCUT2D eigenvalue weighted by Crippen LogP contribution is 2.27. The van der Waals surface area contributed by atoms with Crippen molar-refractivity contribution in [3.63, 3.8) is 0 Å². The van der Waals surface area contributed by atoms with Gasteiger partial charge in [0, 0.05) is 18.1 Å². The van der Waals surface area contributed by atoms with Gasteiger partial charge in [0.2, 0.25) is 10.0 Å². The number of ether oxygens (including phenoxy) is 1. The molecule has 1 saturated heterocycles. The van der Waals surface area contributed by atoms with Crippen molar-refractivity contribution in [1.29, 1.82) is 0 Å². The number of carbonyl (C=O) groups is 1. The van der Waals surface area contributed by atoms with Crippen molar-refractivity contribution < 1.29 is 17.9 Å². The molecule has 8 heteroatoms. The summed E-state index contributed by atoms with van der Waals surface area (Å²) >= 11 is 5.94. The summed E-state index contributed by atoms with van der Waals surface area (Å²) in [6, 6.07) is 11.3. The molecule has 2 aromatic carbocycles. The van der Waals surface area contributed by atoms with E-state index in [1.165, 1.54) is 22.5 Å². The van der Waals surface area contributed by atoms with Crippen molar-refractivity contribution >= 4 is 27.5 Å². The fraction of sp³-hybridized carbons (Fsp3) is 0.278. The monoisotopic (exact) mass is 394 g/mol. The van der Waals surface area contributed by atoms with Gasteiger partial charge in [-0.3, -0.25) is 4.79 Å². The molecule has 2 aromatic rings. The molecular weight excluding hydrogens is 376 g/mol. The Morgan fingerprint density at radius 2 is 1.88 bits per heavy atom. The van der Waals surface area contributed by atoms with Crippen molar-refractivity contribution in [3.8, 4) is 5.75 Å². The van der Waals surface area contributed by atoms with Crippen LogP contribution in [-0.4, -0.2) is 31.7 Å². The molecule has 0 spiro atoms. The summed E-state index contributed by atoms with van der Waals surface area (Å²) in [4.78, 5) is 11.8. The molecule has 1 heterocycles. The van der Waals surface area contributed by atoms with Crippen LogP contribution < -0.4 is 10.5 Å². The van der Waals surface area contributed by atoms with Crippen molar-refractivity contribution in [2.75, 3.05) is 13.1 Å². The van der Waals surface area contributed by atoms with Gasteiger partial charge in [0.05, 0.1) is 10.5 Å². The Labute approximate surface area is 157 Å². The fourth-order valence-corrected chi connectivity index (χ4v) is 4.61. The van der Waals surface area contributed by atoms with Gasteiger partial charge in [-0.2, -0.15) is 4.31 Å². The van der Waals surface area contributed by atoms with Gasteiger partial charge in [0.15, 0.2) is 0 Å². The third-order valence-corrected chi connectivity index (χ3v) is 6.33. The van der Waals surface area contributed by atoms with Gasteiger partial charge in [-0.15, -0.1) is 0 Å². The summed E-state index contributed by atoms with van der Waals surface area (Å²) in [5.74, 6) is -0.512. The number of benzene rings is 2. The standard InChI is InChI=1S/C18H19ClN2O4S/c19-14-5-3-4-13(10-14)12-25-17-7-6-15(11-16(17)18(20)22)26(23,24)21-8-1-2-9-21/h3-7,10-11H,1-2,8-9,12H2,(H2,20,22). The van der Waals surface area contributed by atoms with Crippen LogP contribution in [0.4, 0.5) is 0 Å². The lowest BCUT2D eigenvalue weighted by molar-refractivity contribution is 0.0995. The molecule has 26 heavy (non-hydrogen) atoms. The van der Waals surface area contributed by atoms with Crippen LogP contribution >= 0.6 is 11.6 Å². The molecule has 1 aliphatic rings. The largest absolute Gasteiger partial charge is 0.488 e. The number of halogens is 1. The van der Waals surface area contributed by atoms with Gasteiger partial charge in [-0.1, -0.05) is 23.7 Å². The zero-order chi connectivity index (χ0) is 18.7. The van der Waals surface area contributed by atoms with Crippen molar-refractivity contribution in [2.24, 2.45) is 5.73 Å². The zero-order valence-electron chi connectivity index (χ0n) is 14.0. The van der Waals surface area contributed by atoms with Crippen molar-refractivity contribution in [2.45, 2.75) is 24.3 Å². The van der Waals surface area contributed by atoms with Crippen molar-refractivity contribution in [3.05, 3.63) is 58.6 Å². The predicted molar refractivity (Wildman–Crippen MR) is 98.7 cm³/mol. The number of nitrogens with two attached hydrogens (primary N) is 1. The van der Waals surface area contributed by atoms with Crippen LogP contribution in [0.5, 0.6) is 5.75 Å². The lowest BCUT2D eigenvalue weighted by Crippen LogP contribution is -2.28. The molecule has 0 atom stereocenters. The average molecular weight is 395 g/mol. The Hall–Kier alpha value is -2.09. The molecule has 1 amide bonds. The molecule has 0 bridgehead atoms. The summed E-state index contributed by atoms with van der Waals surface area (Å²) in [7, 11) is -3.63. The molecule has 3 rings (SSSR count). The summed E-state index contributed by atoms with van der Waals surface area (Å²) in [6.45, 7) is 1.15. The fourth-order valence-electron chi connectivity index (χ4n) is 2.85. The lowest BCUT2D eigenvalue weighted by atomic mass is 10.2. The minimum absolute atomic E-state index is 0.0345. The van der Waals surface area contributed by atoms with E-state index < -0.39 is 15.9 Å². The van der Waals surface area contributed by atoms with E-state index in [-0.39, 0.29) is 22.8 Å². The predicted octanol–water partition coefficient (Wildman–Crippen LogP) is 2.80. The van der Waals surface area contributed by atoms with Crippen LogP contribution in [0.1, 0.15) is 28.8 Å². The second-order valence-electron chi connectivity index (χ2n) is 6.05. The number of rotatable bonds is 6. The van der Waals surface area contributed by atoms with Crippen LogP contribution in [-0.2, 0) is 16.6 Å². The molecule has 0 aromatic heterocycles. The molecule has 0 saturated carbocycles. The van der Waals surface area contributed by atoms with Crippen LogP contribution in [0.15, 0.2) is 47.4 Å². The molecule has 138 valence electrons. The second-order valence-corrected chi connectivity index (χ2v) is 8.43. The van der Waals surface area contributed by atoms with Crippen LogP contribution in [0.3, 0.4) is 0 Å². The normalized spacial score (nSPS) is 15.1. The highest BCUT2D eigenvalue weighted by atomic mass is 35.5. The van der Waals surface area contributed by atoms with Crippen LogP contribution in [0.2, 0.25) is 5.02 Å². The number of amides is 1. The first-order chi connectivity index (χ1) is 12.4. The minimum Gasteiger partial charge on any atom is -0.488 e. The number of carbonyl (C=O) groups excluding carboxylic acids is 1. The Bertz CT molecular complexity index is 925. The smallest absolute Gasteiger partial charge is 0.252 e. The topological polar surface area (TPSA) is 89.7 Å². The van der Waals surface area contributed by atoms with E-state index in [0.29, 0.717) is 18.1 Å². The van der Waals surface area contributed by atoms with E-state index in [0.717, 1.165) is 18.4 Å². The zero-order valence-corrected chi connectivity index (χ0v) is 15.6. The highest BCUT2D eigenvalue weighted by Gasteiger charge is 2.28. The van der Waals surface area contributed by atoms with Gasteiger partial charge in [-0.05, 0) is 48.7 Å². The molecule has 6 nitrogen and oxygen atoms in total. The third-order valence-electron chi connectivity index (χ3n) is 4.20. The number of hydrogen-bond donors (Lipinski definition) is 1. The van der Waals surface area contributed by atoms with E-state index in [1.54, 1.807) is 18.2 Å².